The third-order valence-corrected chi connectivity index (χ3v) is 3.32. The van der Waals surface area contributed by atoms with Gasteiger partial charge in [-0.3, -0.25) is 4.48 Å². The molecule has 0 aromatic carbocycles. The van der Waals surface area contributed by atoms with Gasteiger partial charge >= 0.3 is 0 Å². The lowest BCUT2D eigenvalue weighted by Crippen LogP contribution is -2.64. The van der Waals surface area contributed by atoms with Crippen molar-refractivity contribution in [1.29, 1.82) is 0 Å². The van der Waals surface area contributed by atoms with E-state index in [0.29, 0.717) is 11.2 Å². The summed E-state index contributed by atoms with van der Waals surface area (Å²) in [5.74, 6) is 0. The Morgan fingerprint density at radius 3 is 2.64 bits per heavy atom. The van der Waals surface area contributed by atoms with E-state index >= 15 is 0 Å². The lowest BCUT2D eigenvalue weighted by molar-refractivity contribution is -1.03. The number of hydrogen-bond acceptors (Lipinski definition) is 3. The molecule has 0 spiro atoms. The Labute approximate surface area is 86.0 Å². The molecular weight excluding hydrogens is 182 g/mol. The van der Waals surface area contributed by atoms with E-state index in [1.54, 1.807) is 14.2 Å². The first-order valence-corrected chi connectivity index (χ1v) is 5.23. The Balaban J connectivity index is 2.76. The molecule has 1 aliphatic heterocycles. The van der Waals surface area contributed by atoms with Crippen molar-refractivity contribution < 1.29 is 19.1 Å². The summed E-state index contributed by atoms with van der Waals surface area (Å²) in [6, 6.07) is 0. The van der Waals surface area contributed by atoms with E-state index in [2.05, 4.69) is 0 Å². The molecule has 1 aliphatic rings. The number of quaternary nitrogens is 1. The first-order chi connectivity index (χ1) is 6.67. The van der Waals surface area contributed by atoms with Crippen LogP contribution in [0.4, 0.5) is 0 Å². The second-order valence-electron chi connectivity index (χ2n) is 4.06. The highest BCUT2D eigenvalue weighted by Crippen LogP contribution is 2.27. The molecule has 3 unspecified atom stereocenters. The molecule has 3 atom stereocenters. The van der Waals surface area contributed by atoms with Gasteiger partial charge < -0.3 is 14.6 Å². The quantitative estimate of drug-likeness (QED) is 0.692. The van der Waals surface area contributed by atoms with Crippen LogP contribution in [0.25, 0.3) is 0 Å². The topological polar surface area (TPSA) is 38.7 Å². The highest BCUT2D eigenvalue weighted by molar-refractivity contribution is 4.57. The largest absolute Gasteiger partial charge is 0.345 e. The fraction of sp³-hybridized carbons (Fsp3) is 1.00. The van der Waals surface area contributed by atoms with E-state index in [1.165, 1.54) is 0 Å². The average molecular weight is 204 g/mol. The Bertz CT molecular complexity index is 167. The normalized spacial score (nSPS) is 35.6. The third-order valence-electron chi connectivity index (χ3n) is 3.32. The van der Waals surface area contributed by atoms with Gasteiger partial charge in [0.25, 0.3) is 0 Å². The second-order valence-corrected chi connectivity index (χ2v) is 4.06. The Kier molecular flexibility index (Phi) is 4.31. The van der Waals surface area contributed by atoms with Crippen LogP contribution in [0.1, 0.15) is 26.2 Å². The number of aliphatic hydroxyl groups is 1. The van der Waals surface area contributed by atoms with Crippen molar-refractivity contribution in [2.24, 2.45) is 0 Å². The van der Waals surface area contributed by atoms with E-state index in [4.69, 9.17) is 9.47 Å². The van der Waals surface area contributed by atoms with Crippen LogP contribution in [0.2, 0.25) is 0 Å². The van der Waals surface area contributed by atoms with Gasteiger partial charge in [-0.25, -0.2) is 0 Å². The molecule has 0 aromatic rings. The molecule has 1 saturated heterocycles. The number of likely N-dealkylation sites (tertiary alicyclic amines) is 1. The maximum absolute atomic E-state index is 10.1. The Morgan fingerprint density at radius 2 is 2.14 bits per heavy atom. The lowest BCUT2D eigenvalue weighted by Gasteiger charge is -2.47. The zero-order valence-electron chi connectivity index (χ0n) is 9.40. The van der Waals surface area contributed by atoms with Crippen LogP contribution in [0.5, 0.6) is 0 Å². The molecule has 4 heteroatoms. The molecule has 1 fully saturated rings. The minimum Gasteiger partial charge on any atom is -0.345 e. The molecule has 84 valence electrons. The maximum atomic E-state index is 10.1. The third kappa shape index (κ3) is 2.08. The van der Waals surface area contributed by atoms with E-state index in [1.807, 2.05) is 6.92 Å². The number of nitrogens with zero attached hydrogens (tertiary/aromatic N) is 1. The summed E-state index contributed by atoms with van der Waals surface area (Å²) < 4.78 is 11.1. The molecular formula is C10H22NO3+. The van der Waals surface area contributed by atoms with Gasteiger partial charge in [0.1, 0.15) is 0 Å². The summed E-state index contributed by atoms with van der Waals surface area (Å²) in [7, 11) is 3.35. The van der Waals surface area contributed by atoms with Gasteiger partial charge in [-0.1, -0.05) is 0 Å². The molecule has 14 heavy (non-hydrogen) atoms. The smallest absolute Gasteiger partial charge is 0.194 e. The van der Waals surface area contributed by atoms with Gasteiger partial charge in [0.2, 0.25) is 0 Å². The minimum atomic E-state index is -0.348. The number of rotatable bonds is 4. The number of aliphatic hydroxyl groups excluding tert-OH is 1. The molecule has 1 rings (SSSR count). The molecule has 4 nitrogen and oxygen atoms in total. The SMILES string of the molecule is COC[N+]1(C(C)OC)CCCCC1O. The van der Waals surface area contributed by atoms with E-state index < -0.39 is 0 Å². The molecule has 0 aliphatic carbocycles. The highest BCUT2D eigenvalue weighted by atomic mass is 16.5. The van der Waals surface area contributed by atoms with Gasteiger partial charge in [0.05, 0.1) is 6.54 Å². The molecule has 1 N–H and O–H groups in total. The lowest BCUT2D eigenvalue weighted by atomic mass is 10.1. The fourth-order valence-corrected chi connectivity index (χ4v) is 2.27. The standard InChI is InChI=1S/C10H22NO3/c1-9(14-3)11(8-13-2)7-5-4-6-10(11)12/h9-10,12H,4-8H2,1-3H3/q+1. The molecule has 0 radical (unpaired) electrons. The van der Waals surface area contributed by atoms with Crippen molar-refractivity contribution in [2.75, 3.05) is 27.5 Å². The van der Waals surface area contributed by atoms with Crippen LogP contribution in [-0.4, -0.2) is 49.5 Å². The predicted molar refractivity (Wildman–Crippen MR) is 53.3 cm³/mol. The van der Waals surface area contributed by atoms with Gasteiger partial charge in [-0.05, 0) is 12.8 Å². The predicted octanol–water partition coefficient (Wildman–Crippen LogP) is 0.902. The average Bonchev–Trinajstić information content (AvgIpc) is 2.20. The summed E-state index contributed by atoms with van der Waals surface area (Å²) in [4.78, 5) is 0. The summed E-state index contributed by atoms with van der Waals surface area (Å²) in [6.07, 6.45) is 2.72. The van der Waals surface area contributed by atoms with Crippen LogP contribution >= 0.6 is 0 Å². The van der Waals surface area contributed by atoms with Crippen LogP contribution in [0.3, 0.4) is 0 Å². The molecule has 0 bridgehead atoms. The van der Waals surface area contributed by atoms with Gasteiger partial charge in [0, 0.05) is 27.6 Å². The van der Waals surface area contributed by atoms with Crippen LogP contribution in [0.15, 0.2) is 0 Å². The van der Waals surface area contributed by atoms with Crippen molar-refractivity contribution >= 4 is 0 Å². The summed E-state index contributed by atoms with van der Waals surface area (Å²) in [5.41, 5.74) is 0. The Morgan fingerprint density at radius 1 is 1.43 bits per heavy atom. The fourth-order valence-electron chi connectivity index (χ4n) is 2.27. The molecule has 0 amide bonds. The van der Waals surface area contributed by atoms with Crippen LogP contribution in [0, 0.1) is 0 Å². The summed E-state index contributed by atoms with van der Waals surface area (Å²) >= 11 is 0. The minimum absolute atomic E-state index is 0.00903. The van der Waals surface area contributed by atoms with Gasteiger partial charge in [-0.15, -0.1) is 0 Å². The number of piperidine rings is 1. The van der Waals surface area contributed by atoms with Crippen molar-refractivity contribution in [2.45, 2.75) is 38.6 Å². The first kappa shape index (κ1) is 11.9. The number of methoxy groups -OCH3 is 2. The summed E-state index contributed by atoms with van der Waals surface area (Å²) in [6.45, 7) is 3.45. The van der Waals surface area contributed by atoms with Crippen molar-refractivity contribution in [3.63, 3.8) is 0 Å². The molecule has 1 heterocycles. The van der Waals surface area contributed by atoms with E-state index in [0.717, 1.165) is 25.8 Å². The number of ether oxygens (including phenoxy) is 2. The Hall–Kier alpha value is -0.160. The van der Waals surface area contributed by atoms with E-state index in [-0.39, 0.29) is 12.5 Å². The van der Waals surface area contributed by atoms with Crippen molar-refractivity contribution in [3.8, 4) is 0 Å². The summed E-state index contributed by atoms with van der Waals surface area (Å²) in [5, 5.41) is 10.1. The number of hydrogen-bond donors (Lipinski definition) is 1. The highest BCUT2D eigenvalue weighted by Gasteiger charge is 2.43. The molecule has 0 saturated carbocycles. The first-order valence-electron chi connectivity index (χ1n) is 5.23. The van der Waals surface area contributed by atoms with E-state index in [9.17, 15) is 5.11 Å². The van der Waals surface area contributed by atoms with Crippen LogP contribution < -0.4 is 0 Å². The molecule has 0 aromatic heterocycles. The van der Waals surface area contributed by atoms with Gasteiger partial charge in [-0.2, -0.15) is 0 Å². The maximum Gasteiger partial charge on any atom is 0.194 e. The zero-order valence-corrected chi connectivity index (χ0v) is 9.40. The zero-order chi connectivity index (χ0) is 10.6. The van der Waals surface area contributed by atoms with Crippen molar-refractivity contribution in [1.82, 2.24) is 0 Å². The monoisotopic (exact) mass is 204 g/mol. The van der Waals surface area contributed by atoms with Crippen LogP contribution in [-0.2, 0) is 9.47 Å². The second kappa shape index (κ2) is 5.07. The van der Waals surface area contributed by atoms with Crippen molar-refractivity contribution in [3.05, 3.63) is 0 Å². The van der Waals surface area contributed by atoms with Gasteiger partial charge in [0.15, 0.2) is 19.2 Å².